The quantitative estimate of drug-likeness (QED) is 0.0550. The molecule has 3 aliphatic rings. The first-order chi connectivity index (χ1) is 39.2. The van der Waals surface area contributed by atoms with Crippen molar-refractivity contribution in [1.82, 2.24) is 4.98 Å². The van der Waals surface area contributed by atoms with Crippen LogP contribution in [0.4, 0.5) is 13.2 Å². The van der Waals surface area contributed by atoms with E-state index >= 15 is 0 Å². The first-order valence-corrected chi connectivity index (χ1v) is 39.4. The molecule has 87 heavy (non-hydrogen) atoms. The third kappa shape index (κ3) is 30.5. The highest BCUT2D eigenvalue weighted by Crippen LogP contribution is 2.43. The van der Waals surface area contributed by atoms with Crippen LogP contribution in [-0.2, 0) is 46.8 Å². The summed E-state index contributed by atoms with van der Waals surface area (Å²) in [7, 11) is -10.4. The Kier molecular flexibility index (Phi) is 35.0. The molecule has 3 unspecified atom stereocenters. The molecule has 0 saturated carbocycles. The Morgan fingerprint density at radius 1 is 0.586 bits per heavy atom. The minimum atomic E-state index is -5.48. The lowest BCUT2D eigenvalue weighted by molar-refractivity contribution is -0.153. The lowest BCUT2D eigenvalue weighted by atomic mass is 9.96. The van der Waals surface area contributed by atoms with Crippen LogP contribution in [0, 0.1) is 61.2 Å². The van der Waals surface area contributed by atoms with E-state index in [4.69, 9.17) is 32.8 Å². The smallest absolute Gasteiger partial charge is 0.408 e. The number of aliphatic hydroxyl groups is 2. The van der Waals surface area contributed by atoms with Gasteiger partial charge in [0.2, 0.25) is 8.32 Å². The first kappa shape index (κ1) is 85.0. The van der Waals surface area contributed by atoms with Crippen LogP contribution in [-0.4, -0.2) is 118 Å². The third-order valence-electron chi connectivity index (χ3n) is 16.8. The number of nitrogens with zero attached hydrogens (tertiary/aromatic N) is 1. The summed E-state index contributed by atoms with van der Waals surface area (Å²) >= 11 is 0. The minimum Gasteiger partial charge on any atom is -0.408 e. The third-order valence-corrected chi connectivity index (χ3v) is 28.0. The van der Waals surface area contributed by atoms with E-state index in [1.54, 1.807) is 20.8 Å². The highest BCUT2D eigenvalue weighted by atomic mass is 32.2. The number of aryl methyl sites for hydroxylation is 2. The molecule has 3 fully saturated rings. The summed E-state index contributed by atoms with van der Waals surface area (Å²) in [4.78, 5) is 4.17. The number of halogens is 3. The average molecular weight is 1290 g/mol. The highest BCUT2D eigenvalue weighted by molar-refractivity contribution is 7.88. The number of pyridine rings is 1. The maximum atomic E-state index is 12.1. The average Bonchev–Trinajstić information content (AvgIpc) is 1.99. The normalized spacial score (nSPS) is 24.3. The summed E-state index contributed by atoms with van der Waals surface area (Å²) in [5, 5.41) is 20.1. The highest BCUT2D eigenvalue weighted by Gasteiger charge is 2.53. The van der Waals surface area contributed by atoms with Crippen LogP contribution in [0.5, 0.6) is 0 Å². The topological polar surface area (TPSA) is 161 Å². The van der Waals surface area contributed by atoms with Crippen LogP contribution < -0.4 is 0 Å². The molecular formula is C68H126F3NO12SSi2. The van der Waals surface area contributed by atoms with Gasteiger partial charge >= 0.3 is 15.6 Å². The summed E-state index contributed by atoms with van der Waals surface area (Å²) in [6.07, 6.45) is 12.3. The van der Waals surface area contributed by atoms with Gasteiger partial charge in [0.25, 0.3) is 0 Å². The number of allylic oxidation sites excluding steroid dienone is 2. The minimum absolute atomic E-state index is 0.0194. The summed E-state index contributed by atoms with van der Waals surface area (Å²) < 4.78 is 105. The number of aromatic nitrogens is 1. The second kappa shape index (κ2) is 35.9. The molecule has 0 radical (unpaired) electrons. The van der Waals surface area contributed by atoms with E-state index in [0.717, 1.165) is 49.9 Å². The zero-order valence-electron chi connectivity index (χ0n) is 59.9. The zero-order valence-corrected chi connectivity index (χ0v) is 62.7. The van der Waals surface area contributed by atoms with Crippen molar-refractivity contribution in [2.45, 2.75) is 333 Å². The molecule has 0 amide bonds. The van der Waals surface area contributed by atoms with Crippen molar-refractivity contribution in [3.63, 3.8) is 0 Å². The molecule has 4 heterocycles. The van der Waals surface area contributed by atoms with E-state index < -0.39 is 66.9 Å². The van der Waals surface area contributed by atoms with Crippen molar-refractivity contribution >= 4 is 26.8 Å². The van der Waals surface area contributed by atoms with Crippen LogP contribution in [0.15, 0.2) is 42.5 Å². The molecule has 2 N–H and O–H groups in total. The number of hydrogen-bond donors (Lipinski definition) is 2. The van der Waals surface area contributed by atoms with Gasteiger partial charge in [-0.1, -0.05) is 186 Å². The van der Waals surface area contributed by atoms with Crippen LogP contribution >= 0.6 is 0 Å². The molecule has 3 saturated heterocycles. The van der Waals surface area contributed by atoms with Crippen molar-refractivity contribution < 1.29 is 68.5 Å². The molecule has 1 aromatic rings. The molecule has 0 bridgehead atoms. The molecule has 13 nitrogen and oxygen atoms in total. The predicted molar refractivity (Wildman–Crippen MR) is 355 cm³/mol. The summed E-state index contributed by atoms with van der Waals surface area (Å²) in [6.45, 7) is 61.0. The fourth-order valence-corrected chi connectivity index (χ4v) is 13.2. The molecule has 0 aromatic carbocycles. The Balaban J connectivity index is 0.00000110. The van der Waals surface area contributed by atoms with Gasteiger partial charge in [-0.25, -0.2) is 0 Å². The fraction of sp³-hybridized carbons (Fsp3) is 0.838. The Labute approximate surface area is 531 Å². The number of alkyl halides is 3. The largest absolute Gasteiger partial charge is 0.522 e. The number of rotatable bonds is 20. The van der Waals surface area contributed by atoms with Gasteiger partial charge in [-0.2, -0.15) is 21.6 Å². The Bertz CT molecular complexity index is 2350. The molecular weight excluding hydrogens is 1170 g/mol. The molecule has 0 spiro atoms. The Morgan fingerprint density at radius 2 is 0.954 bits per heavy atom. The standard InChI is InChI=1S/C22H44O3Si.C16H30O3.C16H28O3.C7H15F3O3SSi.C7H9N/c1-12-13-18-20(24-22(8,9)23-18)19(15-14-17(4)16(2)3)25-26(10,11)21(5,6)7;2*1-7-8-14-15(19-16(5,6)18-14)13(17)10-9-12(4)11(2)3;1-6(2,3)15(4,5)13-14(11,12)7(8,9)10;1-6-4-3-5-7(2)8-6/h14-20H,12-13H2,1-11H3;9-15,17H,7-8H2,1-6H3;11-15,17H,7-8H2,1-6H3;1-5H3;3-5H,1-2H3/b15-14-;10-9-;;;/t17-,18+,19?,20+;2*12-,13?,14+,15-;;/m111../s1. The van der Waals surface area contributed by atoms with Gasteiger partial charge in [0, 0.05) is 17.3 Å². The van der Waals surface area contributed by atoms with E-state index in [1.807, 2.05) is 79.7 Å². The summed E-state index contributed by atoms with van der Waals surface area (Å²) in [5.41, 5.74) is -3.17. The SMILES string of the molecule is CC(C)(C)[Si](C)(C)OS(=O)(=O)C(F)(F)F.CCC[C@@H]1OC(C)(C)O[C@@H]1C(/C=C\[C@@H](C)C(C)C)O[Si](C)(C)C(C)(C)C.CCC[C@@H]1OC(C)(C)O[C@@H]1C(O)/C=C\[C@@H](C)C(C)C.CCC[C@@H]1OC(C)(C)O[C@@H]1C(O)C#C[C@@H](C)C(C)C.Cc1cccc(C)n1. The van der Waals surface area contributed by atoms with Gasteiger partial charge in [-0.3, -0.25) is 4.98 Å². The first-order valence-electron chi connectivity index (χ1n) is 32.1. The maximum Gasteiger partial charge on any atom is 0.522 e. The van der Waals surface area contributed by atoms with Crippen molar-refractivity contribution in [3.05, 3.63) is 53.9 Å². The number of aliphatic hydroxyl groups excluding tert-OH is 2. The molecule has 1 aromatic heterocycles. The van der Waals surface area contributed by atoms with Gasteiger partial charge in [0.1, 0.15) is 30.5 Å². The summed E-state index contributed by atoms with van der Waals surface area (Å²) in [5.74, 6) is 7.20. The van der Waals surface area contributed by atoms with E-state index in [1.165, 1.54) is 13.1 Å². The van der Waals surface area contributed by atoms with Crippen LogP contribution in [0.25, 0.3) is 0 Å². The zero-order chi connectivity index (χ0) is 68.3. The van der Waals surface area contributed by atoms with Gasteiger partial charge in [-0.15, -0.1) is 0 Å². The second-order valence-corrected chi connectivity index (χ2v) is 40.8. The predicted octanol–water partition coefficient (Wildman–Crippen LogP) is 17.6. The van der Waals surface area contributed by atoms with Gasteiger partial charge in [0.05, 0.1) is 24.4 Å². The van der Waals surface area contributed by atoms with Crippen LogP contribution in [0.3, 0.4) is 0 Å². The number of hydrogen-bond acceptors (Lipinski definition) is 13. The van der Waals surface area contributed by atoms with Gasteiger partial charge in [0.15, 0.2) is 25.7 Å². The molecule has 3 aliphatic heterocycles. The monoisotopic (exact) mass is 1290 g/mol. The van der Waals surface area contributed by atoms with Crippen molar-refractivity contribution in [2.24, 2.45) is 35.5 Å². The van der Waals surface area contributed by atoms with Gasteiger partial charge < -0.3 is 46.9 Å². The molecule has 12 atom stereocenters. The Hall–Kier alpha value is -2.04. The van der Waals surface area contributed by atoms with E-state index in [-0.39, 0.29) is 53.7 Å². The molecule has 0 aliphatic carbocycles. The fourth-order valence-electron chi connectivity index (χ4n) is 8.40. The van der Waals surface area contributed by atoms with Gasteiger partial charge in [-0.05, 0) is 153 Å². The molecule has 19 heteroatoms. The lowest BCUT2D eigenvalue weighted by Gasteiger charge is -2.40. The van der Waals surface area contributed by atoms with Crippen molar-refractivity contribution in [2.75, 3.05) is 0 Å². The van der Waals surface area contributed by atoms with Crippen molar-refractivity contribution in [3.8, 4) is 11.8 Å². The van der Waals surface area contributed by atoms with Crippen LogP contribution in [0.1, 0.15) is 216 Å². The van der Waals surface area contributed by atoms with E-state index in [2.05, 4.69) is 156 Å². The van der Waals surface area contributed by atoms with Crippen LogP contribution in [0.2, 0.25) is 36.3 Å². The summed E-state index contributed by atoms with van der Waals surface area (Å²) in [6, 6.07) is 6.00. The van der Waals surface area contributed by atoms with E-state index in [9.17, 15) is 31.8 Å². The Morgan fingerprint density at radius 3 is 1.30 bits per heavy atom. The second-order valence-electron chi connectivity index (χ2n) is 29.5. The number of ether oxygens (including phenoxy) is 6. The maximum absolute atomic E-state index is 12.1. The molecule has 510 valence electrons. The van der Waals surface area contributed by atoms with E-state index in [0.29, 0.717) is 29.6 Å². The lowest BCUT2D eigenvalue weighted by Crippen LogP contribution is -2.48. The molecule has 4 rings (SSSR count). The van der Waals surface area contributed by atoms with Crippen molar-refractivity contribution in [1.29, 1.82) is 0 Å².